The van der Waals surface area contributed by atoms with E-state index in [0.717, 1.165) is 52.1 Å². The summed E-state index contributed by atoms with van der Waals surface area (Å²) in [6.07, 6.45) is 7.66. The van der Waals surface area contributed by atoms with Crippen molar-refractivity contribution >= 4 is 0 Å². The number of rotatable bonds is 14. The van der Waals surface area contributed by atoms with Crippen LogP contribution in [0.2, 0.25) is 0 Å². The van der Waals surface area contributed by atoms with E-state index >= 15 is 0 Å². The molecule has 0 aliphatic rings. The molecule has 0 aromatic rings. The number of nitrogens with one attached hydrogen (secondary N) is 1. The third-order valence-electron chi connectivity index (χ3n) is 4.58. The molecule has 0 unspecified atom stereocenters. The monoisotopic (exact) mass is 311 g/mol. The fraction of sp³-hybridized carbons (Fsp3) is 0.765. The Bertz CT molecular complexity index is 291. The van der Waals surface area contributed by atoms with E-state index in [1.165, 1.54) is 0 Å². The minimum Gasteiger partial charge on any atom is -0.403 e. The van der Waals surface area contributed by atoms with Crippen molar-refractivity contribution in [2.75, 3.05) is 45.8 Å². The molecule has 0 atom stereocenters. The summed E-state index contributed by atoms with van der Waals surface area (Å²) in [4.78, 5) is 4.47. The van der Waals surface area contributed by atoms with Crippen molar-refractivity contribution in [2.45, 2.75) is 33.6 Å². The van der Waals surface area contributed by atoms with Gasteiger partial charge in [-0.25, -0.2) is 0 Å². The second-order valence-corrected chi connectivity index (χ2v) is 5.78. The first-order valence-corrected chi connectivity index (χ1v) is 8.51. The van der Waals surface area contributed by atoms with E-state index in [1.54, 1.807) is 6.20 Å². The van der Waals surface area contributed by atoms with Crippen molar-refractivity contribution in [1.82, 2.24) is 15.1 Å². The zero-order valence-electron chi connectivity index (χ0n) is 14.9. The second-order valence-electron chi connectivity index (χ2n) is 5.78. The van der Waals surface area contributed by atoms with Gasteiger partial charge in [-0.2, -0.15) is 0 Å². The Balaban J connectivity index is 4.22. The van der Waals surface area contributed by atoms with Crippen LogP contribution < -0.4 is 16.8 Å². The van der Waals surface area contributed by atoms with Gasteiger partial charge in [-0.05, 0) is 37.9 Å². The molecule has 0 fully saturated rings. The van der Waals surface area contributed by atoms with Crippen molar-refractivity contribution in [3.8, 4) is 0 Å². The fourth-order valence-electron chi connectivity index (χ4n) is 2.53. The maximum absolute atomic E-state index is 6.00. The molecule has 130 valence electrons. The van der Waals surface area contributed by atoms with Crippen LogP contribution in [0.5, 0.6) is 0 Å². The molecule has 0 aromatic heterocycles. The molecule has 22 heavy (non-hydrogen) atoms. The number of likely N-dealkylation sites (N-methyl/N-ethyl adjacent to an activating group) is 1. The van der Waals surface area contributed by atoms with Gasteiger partial charge in [0, 0.05) is 51.7 Å². The van der Waals surface area contributed by atoms with E-state index in [9.17, 15) is 0 Å². The van der Waals surface area contributed by atoms with Crippen LogP contribution in [-0.2, 0) is 0 Å². The maximum atomic E-state index is 6.00. The van der Waals surface area contributed by atoms with Crippen LogP contribution in [0.3, 0.4) is 0 Å². The molecule has 0 rings (SSSR count). The predicted octanol–water partition coefficient (Wildman–Crippen LogP) is 1.54. The first-order valence-electron chi connectivity index (χ1n) is 8.51. The van der Waals surface area contributed by atoms with Gasteiger partial charge in [-0.15, -0.1) is 0 Å². The minimum absolute atomic E-state index is 0.182. The van der Waals surface area contributed by atoms with Crippen molar-refractivity contribution < 1.29 is 0 Å². The third-order valence-corrected chi connectivity index (χ3v) is 4.58. The summed E-state index contributed by atoms with van der Waals surface area (Å²) in [5.41, 5.74) is 11.8. The normalized spacial score (nSPS) is 11.8. The Kier molecular flexibility index (Phi) is 11.7. The summed E-state index contributed by atoms with van der Waals surface area (Å²) in [7, 11) is 0. The standard InChI is InChI=1S/C17H37N5/c1-5-17(6-2,15-19)16-22(12-9-18)14-11-20-10-13-21(7-3)8-4/h7,9,12,20H,3,5-6,8,10-11,13-16,18-19H2,1-2,4H3/b12-9+. The summed E-state index contributed by atoms with van der Waals surface area (Å²) < 4.78 is 0. The summed E-state index contributed by atoms with van der Waals surface area (Å²) in [5.74, 6) is 0. The maximum Gasteiger partial charge on any atom is 0.0298 e. The minimum atomic E-state index is 0.182. The highest BCUT2D eigenvalue weighted by molar-refractivity contribution is 4.87. The Hall–Kier alpha value is -1.20. The van der Waals surface area contributed by atoms with Gasteiger partial charge in [0.05, 0.1) is 0 Å². The molecule has 0 aliphatic carbocycles. The largest absolute Gasteiger partial charge is 0.403 e. The molecule has 5 nitrogen and oxygen atoms in total. The Labute approximate surface area is 137 Å². The first kappa shape index (κ1) is 20.8. The van der Waals surface area contributed by atoms with Gasteiger partial charge in [0.15, 0.2) is 0 Å². The van der Waals surface area contributed by atoms with Crippen LogP contribution in [0, 0.1) is 5.41 Å². The molecule has 0 heterocycles. The van der Waals surface area contributed by atoms with Crippen molar-refractivity contribution in [2.24, 2.45) is 16.9 Å². The van der Waals surface area contributed by atoms with E-state index in [4.69, 9.17) is 11.5 Å². The molecule has 0 saturated carbocycles. The van der Waals surface area contributed by atoms with Gasteiger partial charge in [0.25, 0.3) is 0 Å². The molecule has 0 bridgehead atoms. The lowest BCUT2D eigenvalue weighted by molar-refractivity contribution is 0.183. The van der Waals surface area contributed by atoms with Crippen LogP contribution in [0.25, 0.3) is 0 Å². The molecule has 5 N–H and O–H groups in total. The third kappa shape index (κ3) is 7.71. The van der Waals surface area contributed by atoms with Crippen molar-refractivity contribution in [3.05, 3.63) is 25.2 Å². The zero-order valence-corrected chi connectivity index (χ0v) is 14.9. The Morgan fingerprint density at radius 1 is 1.09 bits per heavy atom. The zero-order chi connectivity index (χ0) is 16.8. The number of hydrogen-bond donors (Lipinski definition) is 3. The van der Waals surface area contributed by atoms with Crippen LogP contribution in [0.4, 0.5) is 0 Å². The number of nitrogens with zero attached hydrogens (tertiary/aromatic N) is 2. The molecule has 0 aromatic carbocycles. The smallest absolute Gasteiger partial charge is 0.0298 e. The van der Waals surface area contributed by atoms with Gasteiger partial charge in [-0.1, -0.05) is 20.4 Å². The number of nitrogens with two attached hydrogens (primary N) is 2. The van der Waals surface area contributed by atoms with Crippen LogP contribution in [0.15, 0.2) is 25.2 Å². The lowest BCUT2D eigenvalue weighted by Crippen LogP contribution is -2.42. The number of hydrogen-bond acceptors (Lipinski definition) is 5. The van der Waals surface area contributed by atoms with Gasteiger partial charge < -0.3 is 26.6 Å². The highest BCUT2D eigenvalue weighted by Gasteiger charge is 2.26. The summed E-state index contributed by atoms with van der Waals surface area (Å²) in [6.45, 7) is 16.9. The molecule has 0 saturated heterocycles. The SMILES string of the molecule is C=CN(CC)CCNCCN(/C=C/N)CC(CC)(CC)CN. The average molecular weight is 312 g/mol. The Morgan fingerprint density at radius 2 is 1.68 bits per heavy atom. The van der Waals surface area contributed by atoms with Crippen molar-refractivity contribution in [3.63, 3.8) is 0 Å². The molecule has 0 amide bonds. The van der Waals surface area contributed by atoms with E-state index in [2.05, 4.69) is 42.5 Å². The predicted molar refractivity (Wildman–Crippen MR) is 97.3 cm³/mol. The second kappa shape index (κ2) is 12.4. The average Bonchev–Trinajstić information content (AvgIpc) is 2.56. The summed E-state index contributed by atoms with van der Waals surface area (Å²) >= 11 is 0. The van der Waals surface area contributed by atoms with Gasteiger partial charge in [0.1, 0.15) is 0 Å². The van der Waals surface area contributed by atoms with E-state index in [1.807, 2.05) is 12.4 Å². The lowest BCUT2D eigenvalue weighted by Gasteiger charge is -2.36. The lowest BCUT2D eigenvalue weighted by atomic mass is 9.82. The van der Waals surface area contributed by atoms with Crippen LogP contribution in [0.1, 0.15) is 33.6 Å². The van der Waals surface area contributed by atoms with E-state index < -0.39 is 0 Å². The van der Waals surface area contributed by atoms with Crippen LogP contribution in [-0.4, -0.2) is 55.6 Å². The van der Waals surface area contributed by atoms with E-state index in [0.29, 0.717) is 6.54 Å². The summed E-state index contributed by atoms with van der Waals surface area (Å²) in [5, 5.41) is 3.48. The highest BCUT2D eigenvalue weighted by Crippen LogP contribution is 2.26. The first-order chi connectivity index (χ1) is 10.6. The molecule has 5 heteroatoms. The molecular formula is C17H37N5. The molecular weight excluding hydrogens is 274 g/mol. The van der Waals surface area contributed by atoms with E-state index in [-0.39, 0.29) is 5.41 Å². The Morgan fingerprint density at radius 3 is 2.09 bits per heavy atom. The quantitative estimate of drug-likeness (QED) is 0.425. The van der Waals surface area contributed by atoms with Gasteiger partial charge in [0.2, 0.25) is 0 Å². The molecule has 0 aliphatic heterocycles. The molecule has 0 radical (unpaired) electrons. The fourth-order valence-corrected chi connectivity index (χ4v) is 2.53. The van der Waals surface area contributed by atoms with Gasteiger partial charge in [-0.3, -0.25) is 0 Å². The van der Waals surface area contributed by atoms with Crippen molar-refractivity contribution in [1.29, 1.82) is 0 Å². The molecule has 0 spiro atoms. The topological polar surface area (TPSA) is 70.5 Å². The highest BCUT2D eigenvalue weighted by atomic mass is 15.1. The van der Waals surface area contributed by atoms with Gasteiger partial charge >= 0.3 is 0 Å². The summed E-state index contributed by atoms with van der Waals surface area (Å²) in [6, 6.07) is 0. The van der Waals surface area contributed by atoms with Crippen LogP contribution >= 0.6 is 0 Å².